The van der Waals surface area contributed by atoms with Gasteiger partial charge in [0.15, 0.2) is 0 Å². The number of rotatable bonds is 3. The fraction of sp³-hybridized carbons (Fsp3) is 0. The molecule has 1 aliphatic rings. The molecular weight excluding hydrogens is 561 g/mol. The van der Waals surface area contributed by atoms with Crippen molar-refractivity contribution in [3.63, 3.8) is 0 Å². The van der Waals surface area contributed by atoms with Gasteiger partial charge in [0.05, 0.1) is 16.6 Å². The number of aromatic nitrogens is 3. The van der Waals surface area contributed by atoms with Crippen molar-refractivity contribution in [3.8, 4) is 22.9 Å². The van der Waals surface area contributed by atoms with E-state index in [4.69, 9.17) is 9.72 Å². The molecule has 10 rings (SSSR count). The van der Waals surface area contributed by atoms with Crippen LogP contribution in [0.15, 0.2) is 158 Å². The Bertz CT molecular complexity index is 2620. The van der Waals surface area contributed by atoms with E-state index in [0.29, 0.717) is 0 Å². The predicted octanol–water partition coefficient (Wildman–Crippen LogP) is 7.90. The van der Waals surface area contributed by atoms with Gasteiger partial charge < -0.3 is 9.30 Å². The first-order valence-electron chi connectivity index (χ1n) is 15.7. The second-order valence-electron chi connectivity index (χ2n) is 12.0. The molecule has 3 aromatic heterocycles. The summed E-state index contributed by atoms with van der Waals surface area (Å²) in [6.07, 6.45) is 1.88. The molecule has 46 heavy (non-hydrogen) atoms. The monoisotopic (exact) mass is 587 g/mol. The molecule has 5 heteroatoms. The third-order valence-corrected chi connectivity index (χ3v) is 9.49. The van der Waals surface area contributed by atoms with E-state index < -0.39 is 0 Å². The van der Waals surface area contributed by atoms with Crippen molar-refractivity contribution in [1.29, 1.82) is 0 Å². The molecule has 4 heterocycles. The van der Waals surface area contributed by atoms with Gasteiger partial charge in [0.2, 0.25) is 0 Å². The van der Waals surface area contributed by atoms with Gasteiger partial charge in [0, 0.05) is 45.2 Å². The van der Waals surface area contributed by atoms with Crippen molar-refractivity contribution >= 4 is 66.8 Å². The zero-order valence-electron chi connectivity index (χ0n) is 24.8. The number of pyridine rings is 1. The zero-order valence-corrected chi connectivity index (χ0v) is 24.8. The smallest absolute Gasteiger partial charge is 0.250 e. The number of hydrogen-bond acceptors (Lipinski definition) is 2. The van der Waals surface area contributed by atoms with Gasteiger partial charge in [0.1, 0.15) is 17.1 Å². The molecule has 0 spiro atoms. The fourth-order valence-electron chi connectivity index (χ4n) is 7.60. The van der Waals surface area contributed by atoms with Crippen LogP contribution in [0.3, 0.4) is 0 Å². The summed E-state index contributed by atoms with van der Waals surface area (Å²) in [6, 6.07) is 53.8. The third kappa shape index (κ3) is 3.54. The summed E-state index contributed by atoms with van der Waals surface area (Å²) >= 11 is 0. The van der Waals surface area contributed by atoms with Gasteiger partial charge in [-0.2, -0.15) is 0 Å². The number of para-hydroxylation sites is 3. The number of fused-ring (bicyclic) bond motifs is 9. The van der Waals surface area contributed by atoms with E-state index in [9.17, 15) is 0 Å². The standard InChI is InChI=1S/C41H26BN3O/c1-3-12-27(13-4-1)42-32-18-8-10-20-37(32)46-38-26-29(21-22-33(38)42)44-34-19-9-7-16-30(34)39-35(44)23-24-36-40(39)31-17-11-25-43-41(31)45(36)28-14-5-2-6-15-28/h1-26H. The van der Waals surface area contributed by atoms with E-state index in [-0.39, 0.29) is 6.71 Å². The van der Waals surface area contributed by atoms with Gasteiger partial charge in [-0.05, 0) is 65.5 Å². The maximum Gasteiger partial charge on any atom is 0.250 e. The van der Waals surface area contributed by atoms with Crippen LogP contribution in [0.25, 0.3) is 55.1 Å². The summed E-state index contributed by atoms with van der Waals surface area (Å²) in [6.45, 7) is 0.101. The first kappa shape index (κ1) is 25.3. The van der Waals surface area contributed by atoms with Crippen LogP contribution in [0, 0.1) is 0 Å². The van der Waals surface area contributed by atoms with Gasteiger partial charge in [-0.1, -0.05) is 96.5 Å². The topological polar surface area (TPSA) is 32.0 Å². The summed E-state index contributed by atoms with van der Waals surface area (Å²) < 4.78 is 11.3. The van der Waals surface area contributed by atoms with Crippen LogP contribution in [0.5, 0.6) is 11.5 Å². The van der Waals surface area contributed by atoms with E-state index >= 15 is 0 Å². The summed E-state index contributed by atoms with van der Waals surface area (Å²) in [4.78, 5) is 4.88. The number of benzene rings is 6. The first-order valence-corrected chi connectivity index (χ1v) is 15.7. The normalized spacial score (nSPS) is 12.5. The quantitative estimate of drug-likeness (QED) is 0.197. The van der Waals surface area contributed by atoms with Crippen LogP contribution >= 0.6 is 0 Å². The Morgan fingerprint density at radius 3 is 2.02 bits per heavy atom. The van der Waals surface area contributed by atoms with Crippen LogP contribution in [0.4, 0.5) is 0 Å². The van der Waals surface area contributed by atoms with Crippen molar-refractivity contribution in [3.05, 3.63) is 158 Å². The molecule has 0 N–H and O–H groups in total. The minimum absolute atomic E-state index is 0.101. The highest BCUT2D eigenvalue weighted by Gasteiger charge is 2.32. The predicted molar refractivity (Wildman–Crippen MR) is 191 cm³/mol. The maximum atomic E-state index is 6.65. The molecule has 0 saturated heterocycles. The lowest BCUT2D eigenvalue weighted by atomic mass is 9.36. The van der Waals surface area contributed by atoms with Gasteiger partial charge in [-0.25, -0.2) is 4.98 Å². The Morgan fingerprint density at radius 2 is 1.15 bits per heavy atom. The summed E-state index contributed by atoms with van der Waals surface area (Å²) in [5.41, 5.74) is 10.2. The maximum absolute atomic E-state index is 6.65. The Kier molecular flexibility index (Phi) is 5.34. The van der Waals surface area contributed by atoms with Crippen molar-refractivity contribution < 1.29 is 4.74 Å². The minimum Gasteiger partial charge on any atom is -0.458 e. The van der Waals surface area contributed by atoms with Crippen molar-refractivity contribution in [1.82, 2.24) is 14.1 Å². The van der Waals surface area contributed by atoms with Gasteiger partial charge >= 0.3 is 0 Å². The summed E-state index contributed by atoms with van der Waals surface area (Å²) in [5.74, 6) is 1.80. The van der Waals surface area contributed by atoms with Crippen LogP contribution < -0.4 is 21.1 Å². The van der Waals surface area contributed by atoms with E-state index in [1.54, 1.807) is 0 Å². The molecule has 4 nitrogen and oxygen atoms in total. The number of ether oxygens (including phenoxy) is 1. The molecule has 0 aliphatic carbocycles. The molecule has 214 valence electrons. The second kappa shape index (κ2) is 9.72. The molecule has 0 saturated carbocycles. The van der Waals surface area contributed by atoms with Gasteiger partial charge in [0.25, 0.3) is 6.71 Å². The Balaban J connectivity index is 1.25. The molecule has 0 radical (unpaired) electrons. The molecule has 9 aromatic rings. The van der Waals surface area contributed by atoms with E-state index in [2.05, 4.69) is 155 Å². The lowest BCUT2D eigenvalue weighted by Crippen LogP contribution is -2.54. The summed E-state index contributed by atoms with van der Waals surface area (Å²) in [7, 11) is 0. The lowest BCUT2D eigenvalue weighted by Gasteiger charge is -2.27. The molecular formula is C41H26BN3O. The van der Waals surface area contributed by atoms with Crippen LogP contribution in [0.1, 0.15) is 0 Å². The summed E-state index contributed by atoms with van der Waals surface area (Å²) in [5, 5.41) is 4.80. The van der Waals surface area contributed by atoms with Crippen molar-refractivity contribution in [2.24, 2.45) is 0 Å². The van der Waals surface area contributed by atoms with Crippen LogP contribution in [0.2, 0.25) is 0 Å². The molecule has 0 bridgehead atoms. The SMILES string of the molecule is c1ccc(B2c3ccccc3Oc3cc(-n4c5ccccc5c5c6c7cccnc7n(-c7ccccc7)c6ccc54)ccc32)cc1. The highest BCUT2D eigenvalue weighted by molar-refractivity contribution is 6.96. The van der Waals surface area contributed by atoms with Gasteiger partial charge in [-0.3, -0.25) is 4.57 Å². The molecule has 0 unspecified atom stereocenters. The molecule has 0 amide bonds. The fourth-order valence-corrected chi connectivity index (χ4v) is 7.60. The zero-order chi connectivity index (χ0) is 30.2. The highest BCUT2D eigenvalue weighted by Crippen LogP contribution is 2.42. The van der Waals surface area contributed by atoms with Gasteiger partial charge in [-0.15, -0.1) is 0 Å². The second-order valence-corrected chi connectivity index (χ2v) is 12.0. The average Bonchev–Trinajstić information content (AvgIpc) is 3.64. The van der Waals surface area contributed by atoms with E-state index in [1.165, 1.54) is 32.5 Å². The molecule has 0 atom stereocenters. The Morgan fingerprint density at radius 1 is 0.478 bits per heavy atom. The van der Waals surface area contributed by atoms with Crippen molar-refractivity contribution in [2.45, 2.75) is 0 Å². The van der Waals surface area contributed by atoms with Crippen LogP contribution in [-0.4, -0.2) is 20.8 Å². The lowest BCUT2D eigenvalue weighted by molar-refractivity contribution is 0.487. The Hall–Kier alpha value is -6.07. The first-order chi connectivity index (χ1) is 22.8. The minimum atomic E-state index is 0.101. The highest BCUT2D eigenvalue weighted by atomic mass is 16.5. The van der Waals surface area contributed by atoms with E-state index in [1.807, 2.05) is 12.3 Å². The molecule has 1 aliphatic heterocycles. The van der Waals surface area contributed by atoms with E-state index in [0.717, 1.165) is 50.5 Å². The average molecular weight is 587 g/mol. The largest absolute Gasteiger partial charge is 0.458 e. The number of hydrogen-bond donors (Lipinski definition) is 0. The molecule has 6 aromatic carbocycles. The Labute approximate surface area is 265 Å². The van der Waals surface area contributed by atoms with Crippen LogP contribution in [-0.2, 0) is 0 Å². The van der Waals surface area contributed by atoms with Crippen molar-refractivity contribution in [2.75, 3.05) is 0 Å². The number of nitrogens with zero attached hydrogens (tertiary/aromatic N) is 3. The third-order valence-electron chi connectivity index (χ3n) is 9.49. The molecule has 0 fully saturated rings.